The van der Waals surface area contributed by atoms with Gasteiger partial charge in [-0.1, -0.05) is 38.5 Å². The van der Waals surface area contributed by atoms with Gasteiger partial charge in [-0.25, -0.2) is 0 Å². The van der Waals surface area contributed by atoms with Crippen molar-refractivity contribution < 1.29 is 4.74 Å². The minimum absolute atomic E-state index is 0.294. The second-order valence-corrected chi connectivity index (χ2v) is 6.03. The molecule has 0 aromatic heterocycles. The fraction of sp³-hybridized carbons (Fsp3) is 0.625. The van der Waals surface area contributed by atoms with E-state index in [4.69, 9.17) is 4.74 Å². The highest BCUT2D eigenvalue weighted by Crippen LogP contribution is 2.39. The lowest BCUT2D eigenvalue weighted by atomic mass is 9.87. The van der Waals surface area contributed by atoms with Crippen molar-refractivity contribution in [1.82, 2.24) is 5.32 Å². The fourth-order valence-corrected chi connectivity index (χ4v) is 2.89. The van der Waals surface area contributed by atoms with Crippen LogP contribution in [0.1, 0.15) is 39.2 Å². The summed E-state index contributed by atoms with van der Waals surface area (Å²) in [7, 11) is 0. The molecule has 2 atom stereocenters. The van der Waals surface area contributed by atoms with E-state index >= 15 is 0 Å². The lowest BCUT2D eigenvalue weighted by molar-refractivity contribution is 0.141. The molecule has 0 aliphatic heterocycles. The number of hydrogen-bond acceptors (Lipinski definition) is 2. The number of rotatable bonds is 4. The number of aryl methyl sites for hydroxylation is 1. The maximum Gasteiger partial charge on any atom is 0.119 e. The maximum atomic E-state index is 6.17. The zero-order valence-electron chi connectivity index (χ0n) is 12.0. The molecule has 1 aromatic rings. The van der Waals surface area contributed by atoms with Crippen LogP contribution in [0.4, 0.5) is 0 Å². The smallest absolute Gasteiger partial charge is 0.119 e. The van der Waals surface area contributed by atoms with Gasteiger partial charge in [-0.15, -0.1) is 0 Å². The summed E-state index contributed by atoms with van der Waals surface area (Å²) in [5, 5.41) is 3.59. The van der Waals surface area contributed by atoms with Gasteiger partial charge in [0.1, 0.15) is 11.9 Å². The van der Waals surface area contributed by atoms with E-state index < -0.39 is 0 Å². The van der Waals surface area contributed by atoms with Crippen LogP contribution in [-0.2, 0) is 0 Å². The Labute approximate surface area is 111 Å². The third kappa shape index (κ3) is 2.86. The molecule has 18 heavy (non-hydrogen) atoms. The van der Waals surface area contributed by atoms with E-state index in [1.54, 1.807) is 0 Å². The molecule has 1 aromatic carbocycles. The Morgan fingerprint density at radius 2 is 1.94 bits per heavy atom. The Morgan fingerprint density at radius 1 is 1.28 bits per heavy atom. The molecule has 1 aliphatic rings. The predicted octanol–water partition coefficient (Wildman–Crippen LogP) is 3.54. The first-order valence-electron chi connectivity index (χ1n) is 6.99. The zero-order valence-corrected chi connectivity index (χ0v) is 12.0. The topological polar surface area (TPSA) is 21.3 Å². The maximum absolute atomic E-state index is 6.17. The zero-order chi connectivity index (χ0) is 13.2. The van der Waals surface area contributed by atoms with Crippen molar-refractivity contribution in [3.05, 3.63) is 29.8 Å². The highest BCUT2D eigenvalue weighted by molar-refractivity contribution is 5.26. The monoisotopic (exact) mass is 247 g/mol. The Bertz CT molecular complexity index is 383. The molecule has 1 saturated carbocycles. The van der Waals surface area contributed by atoms with Crippen molar-refractivity contribution >= 4 is 0 Å². The number of nitrogens with one attached hydrogen (secondary N) is 1. The Hall–Kier alpha value is -1.02. The summed E-state index contributed by atoms with van der Waals surface area (Å²) < 4.78 is 6.17. The third-order valence-electron chi connectivity index (χ3n) is 4.02. The van der Waals surface area contributed by atoms with Crippen LogP contribution in [0, 0.1) is 12.3 Å². The summed E-state index contributed by atoms with van der Waals surface area (Å²) >= 11 is 0. The van der Waals surface area contributed by atoms with Gasteiger partial charge in [-0.3, -0.25) is 0 Å². The molecular formula is C16H25NO. The van der Waals surface area contributed by atoms with E-state index in [-0.39, 0.29) is 0 Å². The molecule has 0 spiro atoms. The quantitative estimate of drug-likeness (QED) is 0.878. The first kappa shape index (κ1) is 13.4. The Kier molecular flexibility index (Phi) is 3.96. The summed E-state index contributed by atoms with van der Waals surface area (Å²) in [6.45, 7) is 9.93. The summed E-state index contributed by atoms with van der Waals surface area (Å²) in [6, 6.07) is 8.81. The molecule has 1 N–H and O–H groups in total. The predicted molar refractivity (Wildman–Crippen MR) is 76.1 cm³/mol. The van der Waals surface area contributed by atoms with Gasteiger partial charge in [0.25, 0.3) is 0 Å². The fourth-order valence-electron chi connectivity index (χ4n) is 2.89. The number of likely N-dealkylation sites (N-methyl/N-ethyl adjacent to an activating group) is 1. The first-order valence-corrected chi connectivity index (χ1v) is 6.99. The molecule has 1 fully saturated rings. The highest BCUT2D eigenvalue weighted by atomic mass is 16.5. The minimum Gasteiger partial charge on any atom is -0.489 e. The normalized spacial score (nSPS) is 26.2. The molecule has 0 bridgehead atoms. The molecule has 1 aliphatic carbocycles. The van der Waals surface area contributed by atoms with Gasteiger partial charge >= 0.3 is 0 Å². The van der Waals surface area contributed by atoms with Crippen LogP contribution in [0.2, 0.25) is 0 Å². The van der Waals surface area contributed by atoms with Crippen molar-refractivity contribution in [2.45, 2.75) is 52.7 Å². The summed E-state index contributed by atoms with van der Waals surface area (Å²) in [5.41, 5.74) is 1.60. The molecule has 0 amide bonds. The molecular weight excluding hydrogens is 222 g/mol. The van der Waals surface area contributed by atoms with Crippen molar-refractivity contribution in [2.24, 2.45) is 5.41 Å². The molecule has 0 heterocycles. The van der Waals surface area contributed by atoms with Crippen LogP contribution >= 0.6 is 0 Å². The van der Waals surface area contributed by atoms with Gasteiger partial charge in [0.2, 0.25) is 0 Å². The Morgan fingerprint density at radius 3 is 2.56 bits per heavy atom. The molecule has 2 unspecified atom stereocenters. The van der Waals surface area contributed by atoms with Crippen molar-refractivity contribution in [3.63, 3.8) is 0 Å². The van der Waals surface area contributed by atoms with Crippen LogP contribution in [0.25, 0.3) is 0 Å². The van der Waals surface area contributed by atoms with Crippen LogP contribution in [-0.4, -0.2) is 18.7 Å². The van der Waals surface area contributed by atoms with Gasteiger partial charge in [-0.05, 0) is 43.9 Å². The van der Waals surface area contributed by atoms with Gasteiger partial charge in [0.05, 0.1) is 0 Å². The molecule has 2 rings (SSSR count). The van der Waals surface area contributed by atoms with Gasteiger partial charge < -0.3 is 10.1 Å². The van der Waals surface area contributed by atoms with E-state index in [1.165, 1.54) is 12.0 Å². The molecule has 0 saturated heterocycles. The van der Waals surface area contributed by atoms with Crippen LogP contribution in [0.5, 0.6) is 5.75 Å². The van der Waals surface area contributed by atoms with E-state index in [0.29, 0.717) is 17.6 Å². The SMILES string of the molecule is CCNC1C(Oc2ccc(C)cc2)CCC1(C)C. The number of benzene rings is 1. The highest BCUT2D eigenvalue weighted by Gasteiger charge is 2.42. The van der Waals surface area contributed by atoms with E-state index in [9.17, 15) is 0 Å². The summed E-state index contributed by atoms with van der Waals surface area (Å²) in [5.74, 6) is 0.992. The van der Waals surface area contributed by atoms with E-state index in [2.05, 4.69) is 57.3 Å². The lowest BCUT2D eigenvalue weighted by Gasteiger charge is -2.31. The molecule has 2 nitrogen and oxygen atoms in total. The van der Waals surface area contributed by atoms with Gasteiger partial charge in [0.15, 0.2) is 0 Å². The van der Waals surface area contributed by atoms with Gasteiger partial charge in [0, 0.05) is 6.04 Å². The molecule has 2 heteroatoms. The number of hydrogen-bond donors (Lipinski definition) is 1. The third-order valence-corrected chi connectivity index (χ3v) is 4.02. The second-order valence-electron chi connectivity index (χ2n) is 6.03. The summed E-state index contributed by atoms with van der Waals surface area (Å²) in [4.78, 5) is 0. The van der Waals surface area contributed by atoms with Crippen molar-refractivity contribution in [3.8, 4) is 5.75 Å². The molecule has 100 valence electrons. The largest absolute Gasteiger partial charge is 0.489 e. The van der Waals surface area contributed by atoms with E-state index in [0.717, 1.165) is 18.7 Å². The van der Waals surface area contributed by atoms with Crippen LogP contribution in [0.3, 0.4) is 0 Å². The van der Waals surface area contributed by atoms with Crippen LogP contribution in [0.15, 0.2) is 24.3 Å². The standard InChI is InChI=1S/C16H25NO/c1-5-17-15-14(10-11-16(15,3)4)18-13-8-6-12(2)7-9-13/h6-9,14-15,17H,5,10-11H2,1-4H3. The first-order chi connectivity index (χ1) is 8.53. The second kappa shape index (κ2) is 5.31. The average molecular weight is 247 g/mol. The van der Waals surface area contributed by atoms with E-state index in [1.807, 2.05) is 0 Å². The number of ether oxygens (including phenoxy) is 1. The van der Waals surface area contributed by atoms with Crippen LogP contribution < -0.4 is 10.1 Å². The minimum atomic E-state index is 0.294. The van der Waals surface area contributed by atoms with Crippen molar-refractivity contribution in [2.75, 3.05) is 6.54 Å². The Balaban J connectivity index is 2.06. The lowest BCUT2D eigenvalue weighted by Crippen LogP contribution is -2.46. The average Bonchev–Trinajstić information content (AvgIpc) is 2.60. The molecule has 0 radical (unpaired) electrons. The van der Waals surface area contributed by atoms with Crippen molar-refractivity contribution in [1.29, 1.82) is 0 Å². The summed E-state index contributed by atoms with van der Waals surface area (Å²) in [6.07, 6.45) is 2.65. The van der Waals surface area contributed by atoms with Gasteiger partial charge in [-0.2, -0.15) is 0 Å².